The molecule has 0 aromatic carbocycles. The van der Waals surface area contributed by atoms with Gasteiger partial charge in [-0.25, -0.2) is 4.79 Å². The molecule has 160 valence electrons. The van der Waals surface area contributed by atoms with Crippen LogP contribution in [0, 0.1) is 11.8 Å². The molecule has 0 aromatic heterocycles. The van der Waals surface area contributed by atoms with Crippen molar-refractivity contribution in [2.45, 2.75) is 96.1 Å². The maximum Gasteiger partial charge on any atom is 0.330 e. The van der Waals surface area contributed by atoms with E-state index in [1.165, 1.54) is 0 Å². The van der Waals surface area contributed by atoms with Gasteiger partial charge in [-0.1, -0.05) is 73.6 Å². The molecule has 5 nitrogen and oxygen atoms in total. The van der Waals surface area contributed by atoms with Crippen molar-refractivity contribution >= 4 is 24.2 Å². The van der Waals surface area contributed by atoms with Gasteiger partial charge in [0.1, 0.15) is 0 Å². The molecule has 0 saturated heterocycles. The van der Waals surface area contributed by atoms with E-state index in [1.807, 2.05) is 0 Å². The summed E-state index contributed by atoms with van der Waals surface area (Å²) in [7, 11) is -6.65. The molecule has 0 heterocycles. The van der Waals surface area contributed by atoms with E-state index < -0.39 is 29.0 Å². The van der Waals surface area contributed by atoms with Crippen molar-refractivity contribution < 1.29 is 22.9 Å². The van der Waals surface area contributed by atoms with E-state index in [4.69, 9.17) is 5.11 Å². The van der Waals surface area contributed by atoms with Gasteiger partial charge < -0.3 is 5.11 Å². The average Bonchev–Trinajstić information content (AvgIpc) is 2.42. The molecule has 7 heteroatoms. The first-order valence-electron chi connectivity index (χ1n) is 9.92. The van der Waals surface area contributed by atoms with Crippen molar-refractivity contribution in [1.29, 1.82) is 0 Å². The SMILES string of the molecule is C=C(CCCCC([Si](CC(C)C)(CC(C)C)C(C)(C)C)S(=O)(=O)O)C(=O)O. The van der Waals surface area contributed by atoms with Crippen molar-refractivity contribution in [2.75, 3.05) is 0 Å². The van der Waals surface area contributed by atoms with Crippen LogP contribution in [-0.4, -0.2) is 37.0 Å². The summed E-state index contributed by atoms with van der Waals surface area (Å²) in [4.78, 5) is 10.2. The molecule has 0 fully saturated rings. The third-order valence-electron chi connectivity index (χ3n) is 5.51. The van der Waals surface area contributed by atoms with E-state index in [-0.39, 0.29) is 10.6 Å². The molecular weight excluding hydrogens is 380 g/mol. The lowest BCUT2D eigenvalue weighted by atomic mass is 10.1. The molecular formula is C20H40O5SSi. The summed E-state index contributed by atoms with van der Waals surface area (Å²) in [6, 6.07) is 1.70. The highest BCUT2D eigenvalue weighted by atomic mass is 32.2. The monoisotopic (exact) mass is 420 g/mol. The summed E-state index contributed by atoms with van der Waals surface area (Å²) < 4.78 is 35.2. The Bertz CT molecular complexity index is 592. The fourth-order valence-corrected chi connectivity index (χ4v) is 15.3. The zero-order chi connectivity index (χ0) is 21.6. The van der Waals surface area contributed by atoms with E-state index in [9.17, 15) is 17.8 Å². The molecule has 0 aliphatic carbocycles. The van der Waals surface area contributed by atoms with Gasteiger partial charge in [0.15, 0.2) is 0 Å². The number of carboxylic acids is 1. The summed E-state index contributed by atoms with van der Waals surface area (Å²) in [5, 5.41) is 8.75. The van der Waals surface area contributed by atoms with E-state index in [0.29, 0.717) is 37.5 Å². The van der Waals surface area contributed by atoms with Crippen molar-refractivity contribution in [1.82, 2.24) is 0 Å². The van der Waals surface area contributed by atoms with Gasteiger partial charge in [0.25, 0.3) is 10.1 Å². The molecule has 0 bridgehead atoms. The quantitative estimate of drug-likeness (QED) is 0.187. The Morgan fingerprint density at radius 2 is 1.48 bits per heavy atom. The van der Waals surface area contributed by atoms with Gasteiger partial charge in [-0.3, -0.25) is 4.55 Å². The highest BCUT2D eigenvalue weighted by molar-refractivity contribution is 7.88. The maximum absolute atomic E-state index is 12.5. The first kappa shape index (κ1) is 26.3. The van der Waals surface area contributed by atoms with Crippen molar-refractivity contribution in [2.24, 2.45) is 11.8 Å². The van der Waals surface area contributed by atoms with Crippen LogP contribution < -0.4 is 0 Å². The van der Waals surface area contributed by atoms with Crippen LogP contribution in [0.1, 0.15) is 74.1 Å². The third kappa shape index (κ3) is 8.08. The van der Waals surface area contributed by atoms with E-state index in [2.05, 4.69) is 55.0 Å². The van der Waals surface area contributed by atoms with Gasteiger partial charge in [0.05, 0.1) is 12.9 Å². The fourth-order valence-electron chi connectivity index (χ4n) is 4.38. The number of carboxylic acid groups (broad SMARTS) is 1. The smallest absolute Gasteiger partial charge is 0.330 e. The molecule has 27 heavy (non-hydrogen) atoms. The van der Waals surface area contributed by atoms with E-state index >= 15 is 0 Å². The van der Waals surface area contributed by atoms with Gasteiger partial charge in [0.2, 0.25) is 0 Å². The lowest BCUT2D eigenvalue weighted by Crippen LogP contribution is -2.59. The van der Waals surface area contributed by atoms with Gasteiger partial charge >= 0.3 is 5.97 Å². The van der Waals surface area contributed by atoms with Gasteiger partial charge in [0, 0.05) is 5.57 Å². The van der Waals surface area contributed by atoms with Crippen molar-refractivity contribution in [3.63, 3.8) is 0 Å². The normalized spacial score (nSPS) is 14.6. The summed E-state index contributed by atoms with van der Waals surface area (Å²) in [6.07, 6.45) is 1.85. The Morgan fingerprint density at radius 1 is 1.04 bits per heavy atom. The van der Waals surface area contributed by atoms with E-state index in [0.717, 1.165) is 12.1 Å². The van der Waals surface area contributed by atoms with Crippen LogP contribution in [0.25, 0.3) is 0 Å². The van der Waals surface area contributed by atoms with Crippen molar-refractivity contribution in [3.8, 4) is 0 Å². The number of rotatable bonds is 12. The summed E-state index contributed by atoms with van der Waals surface area (Å²) in [6.45, 7) is 18.4. The molecule has 1 unspecified atom stereocenters. The maximum atomic E-state index is 12.5. The second-order valence-corrected chi connectivity index (χ2v) is 17.1. The lowest BCUT2D eigenvalue weighted by Gasteiger charge is -2.49. The second kappa shape index (κ2) is 10.2. The van der Waals surface area contributed by atoms with E-state index in [1.54, 1.807) is 0 Å². The van der Waals surface area contributed by atoms with Crippen LogP contribution >= 0.6 is 0 Å². The summed E-state index contributed by atoms with van der Waals surface area (Å²) >= 11 is 0. The number of carbonyl (C=O) groups is 1. The molecule has 1 atom stereocenters. The van der Waals surface area contributed by atoms with Crippen LogP contribution in [0.3, 0.4) is 0 Å². The van der Waals surface area contributed by atoms with Gasteiger partial charge in [-0.05, 0) is 36.1 Å². The third-order valence-corrected chi connectivity index (χ3v) is 16.3. The first-order valence-corrected chi connectivity index (χ1v) is 13.9. The first-order chi connectivity index (χ1) is 12.0. The molecule has 0 saturated carbocycles. The van der Waals surface area contributed by atoms with Crippen LogP contribution in [-0.2, 0) is 14.9 Å². The molecule has 0 aliphatic rings. The highest BCUT2D eigenvalue weighted by Gasteiger charge is 2.54. The van der Waals surface area contributed by atoms with Gasteiger partial charge in [-0.2, -0.15) is 8.42 Å². The van der Waals surface area contributed by atoms with Gasteiger partial charge in [-0.15, -0.1) is 0 Å². The largest absolute Gasteiger partial charge is 0.478 e. The van der Waals surface area contributed by atoms with Crippen LogP contribution in [0.5, 0.6) is 0 Å². The highest BCUT2D eigenvalue weighted by Crippen LogP contribution is 2.49. The lowest BCUT2D eigenvalue weighted by molar-refractivity contribution is -0.132. The van der Waals surface area contributed by atoms with Crippen LogP contribution in [0.2, 0.25) is 17.1 Å². The Kier molecular flexibility index (Phi) is 9.96. The fraction of sp³-hybridized carbons (Fsp3) is 0.850. The molecule has 0 radical (unpaired) electrons. The topological polar surface area (TPSA) is 91.7 Å². The molecule has 0 spiro atoms. The zero-order valence-electron chi connectivity index (χ0n) is 18.2. The molecule has 2 N–H and O–H groups in total. The van der Waals surface area contributed by atoms with Crippen LogP contribution in [0.4, 0.5) is 0 Å². The minimum atomic E-state index is -4.19. The van der Waals surface area contributed by atoms with Crippen molar-refractivity contribution in [3.05, 3.63) is 12.2 Å². The molecule has 0 amide bonds. The molecule has 0 aromatic rings. The summed E-state index contributed by atoms with van der Waals surface area (Å²) in [5.41, 5.74) is 0.141. The predicted octanol–water partition coefficient (Wildman–Crippen LogP) is 5.54. The van der Waals surface area contributed by atoms with Crippen LogP contribution in [0.15, 0.2) is 12.2 Å². The molecule has 0 aliphatic heterocycles. The number of hydrogen-bond acceptors (Lipinski definition) is 3. The minimum absolute atomic E-state index is 0.141. The minimum Gasteiger partial charge on any atom is -0.478 e. The predicted molar refractivity (Wildman–Crippen MR) is 115 cm³/mol. The zero-order valence-corrected chi connectivity index (χ0v) is 20.0. The Labute approximate surface area is 167 Å². The average molecular weight is 421 g/mol. The summed E-state index contributed by atoms with van der Waals surface area (Å²) in [5.74, 6) is -0.310. The Morgan fingerprint density at radius 3 is 1.78 bits per heavy atom. The molecule has 0 rings (SSSR count). The standard InChI is InChI=1S/C20H40O5SSi/c1-15(2)13-27(14-16(3)4,20(6,7)8)18(26(23,24)25)12-10-9-11-17(5)19(21)22/h15-16,18H,5,9-14H2,1-4,6-8H3,(H,21,22)(H,23,24,25). The Hall–Kier alpha value is -0.663. The Balaban J connectivity index is 5.82. The number of aliphatic carboxylic acids is 1. The second-order valence-electron chi connectivity index (χ2n) is 9.76. The number of hydrogen-bond donors (Lipinski definition) is 2. The number of unbranched alkanes of at least 4 members (excludes halogenated alkanes) is 1.